The van der Waals surface area contributed by atoms with E-state index in [0.29, 0.717) is 0 Å². The van der Waals surface area contributed by atoms with Gasteiger partial charge in [-0.25, -0.2) is 17.5 Å². The smallest absolute Gasteiger partial charge is 0.207 e. The second kappa shape index (κ2) is 6.19. The zero-order chi connectivity index (χ0) is 13.9. The van der Waals surface area contributed by atoms with Gasteiger partial charge in [0.05, 0.1) is 5.02 Å². The number of benzene rings is 1. The summed E-state index contributed by atoms with van der Waals surface area (Å²) in [5.74, 6) is -0.513. The van der Waals surface area contributed by atoms with E-state index in [1.165, 1.54) is 6.07 Å². The molecule has 1 N–H and O–H groups in total. The molecule has 0 radical (unpaired) electrons. The number of halogens is 3. The van der Waals surface area contributed by atoms with Crippen LogP contribution in [0, 0.1) is 11.7 Å². The predicted octanol–water partition coefficient (Wildman–Crippen LogP) is 3.02. The van der Waals surface area contributed by atoms with Gasteiger partial charge >= 0.3 is 0 Å². The largest absolute Gasteiger partial charge is 0.242 e. The molecule has 3 nitrogen and oxygen atoms in total. The highest BCUT2D eigenvalue weighted by molar-refractivity contribution is 7.89. The number of alkyl halides is 1. The maximum absolute atomic E-state index is 13.1. The third-order valence-corrected chi connectivity index (χ3v) is 4.76. The molecule has 1 unspecified atom stereocenters. The van der Waals surface area contributed by atoms with Crippen LogP contribution in [0.25, 0.3) is 0 Å². The van der Waals surface area contributed by atoms with E-state index >= 15 is 0 Å². The average Bonchev–Trinajstić information content (AvgIpc) is 2.28. The van der Waals surface area contributed by atoms with Crippen molar-refractivity contribution >= 4 is 33.2 Å². The highest BCUT2D eigenvalue weighted by Gasteiger charge is 2.24. The first kappa shape index (κ1) is 15.7. The maximum Gasteiger partial charge on any atom is 0.242 e. The van der Waals surface area contributed by atoms with E-state index in [9.17, 15) is 12.8 Å². The van der Waals surface area contributed by atoms with Gasteiger partial charge in [-0.3, -0.25) is 0 Å². The fourth-order valence-corrected chi connectivity index (χ4v) is 3.71. The second-order valence-corrected chi connectivity index (χ2v) is 6.60. The molecule has 0 saturated carbocycles. The minimum absolute atomic E-state index is 0.0182. The Morgan fingerprint density at radius 1 is 1.39 bits per heavy atom. The molecule has 0 amide bonds. The molecule has 0 fully saturated rings. The Morgan fingerprint density at radius 3 is 2.50 bits per heavy atom. The highest BCUT2D eigenvalue weighted by Crippen LogP contribution is 2.23. The van der Waals surface area contributed by atoms with Gasteiger partial charge in [0.2, 0.25) is 10.0 Å². The van der Waals surface area contributed by atoms with Crippen LogP contribution in [0.15, 0.2) is 23.1 Å². The van der Waals surface area contributed by atoms with Crippen molar-refractivity contribution in [2.75, 3.05) is 5.88 Å². The molecule has 1 aromatic rings. The SMILES string of the molecule is CC(C)C(CCl)NS(=O)(=O)c1cc(F)ccc1Cl. The first-order valence-electron chi connectivity index (χ1n) is 5.31. The van der Waals surface area contributed by atoms with Crippen LogP contribution in [-0.4, -0.2) is 20.3 Å². The normalized spacial score (nSPS) is 13.9. The molecule has 0 heterocycles. The van der Waals surface area contributed by atoms with E-state index in [-0.39, 0.29) is 21.7 Å². The number of rotatable bonds is 5. The topological polar surface area (TPSA) is 46.2 Å². The second-order valence-electron chi connectivity index (χ2n) is 4.20. The summed E-state index contributed by atoms with van der Waals surface area (Å²) < 4.78 is 39.6. The van der Waals surface area contributed by atoms with Gasteiger partial charge in [0, 0.05) is 11.9 Å². The highest BCUT2D eigenvalue weighted by atomic mass is 35.5. The standard InChI is InChI=1S/C11H14Cl2FNO2S/c1-7(2)10(6-12)15-18(16,17)11-5-8(14)3-4-9(11)13/h3-5,7,10,15H,6H2,1-2H3. The van der Waals surface area contributed by atoms with Crippen LogP contribution in [0.3, 0.4) is 0 Å². The Morgan fingerprint density at radius 2 is 2.00 bits per heavy atom. The Labute approximate surface area is 116 Å². The van der Waals surface area contributed by atoms with E-state index in [2.05, 4.69) is 4.72 Å². The van der Waals surface area contributed by atoms with Gasteiger partial charge in [0.15, 0.2) is 0 Å². The van der Waals surface area contributed by atoms with Crippen molar-refractivity contribution in [3.63, 3.8) is 0 Å². The fourth-order valence-electron chi connectivity index (χ4n) is 1.29. The molecule has 0 aromatic heterocycles. The van der Waals surface area contributed by atoms with Gasteiger partial charge in [0.25, 0.3) is 0 Å². The monoisotopic (exact) mass is 313 g/mol. The van der Waals surface area contributed by atoms with Gasteiger partial charge in [-0.15, -0.1) is 11.6 Å². The molecule has 1 rings (SSSR count). The van der Waals surface area contributed by atoms with Crippen LogP contribution in [0.5, 0.6) is 0 Å². The van der Waals surface area contributed by atoms with Crippen molar-refractivity contribution < 1.29 is 12.8 Å². The summed E-state index contributed by atoms with van der Waals surface area (Å²) in [4.78, 5) is -0.278. The van der Waals surface area contributed by atoms with Crippen molar-refractivity contribution in [3.05, 3.63) is 29.0 Å². The summed E-state index contributed by atoms with van der Waals surface area (Å²) in [7, 11) is -3.88. The summed E-state index contributed by atoms with van der Waals surface area (Å²) >= 11 is 11.5. The van der Waals surface area contributed by atoms with E-state index in [0.717, 1.165) is 12.1 Å². The van der Waals surface area contributed by atoms with Crippen LogP contribution < -0.4 is 4.72 Å². The Kier molecular flexibility index (Phi) is 5.40. The quantitative estimate of drug-likeness (QED) is 0.849. The van der Waals surface area contributed by atoms with Gasteiger partial charge in [0.1, 0.15) is 10.7 Å². The zero-order valence-corrected chi connectivity index (χ0v) is 12.3. The lowest BCUT2D eigenvalue weighted by atomic mass is 10.1. The van der Waals surface area contributed by atoms with Crippen molar-refractivity contribution in [2.24, 2.45) is 5.92 Å². The molecule has 0 aliphatic carbocycles. The molecule has 0 aliphatic heterocycles. The molecule has 102 valence electrons. The zero-order valence-electron chi connectivity index (χ0n) is 9.95. The lowest BCUT2D eigenvalue weighted by Crippen LogP contribution is -2.39. The molecule has 1 atom stereocenters. The van der Waals surface area contributed by atoms with E-state index in [1.807, 2.05) is 13.8 Å². The van der Waals surface area contributed by atoms with Crippen LogP contribution in [-0.2, 0) is 10.0 Å². The lowest BCUT2D eigenvalue weighted by Gasteiger charge is -2.20. The van der Waals surface area contributed by atoms with Crippen molar-refractivity contribution in [3.8, 4) is 0 Å². The number of hydrogen-bond acceptors (Lipinski definition) is 2. The molecular formula is C11H14Cl2FNO2S. The minimum Gasteiger partial charge on any atom is -0.207 e. The molecule has 7 heteroatoms. The summed E-state index contributed by atoms with van der Waals surface area (Å²) in [6, 6.07) is 2.76. The third kappa shape index (κ3) is 3.82. The van der Waals surface area contributed by atoms with Gasteiger partial charge in [-0.1, -0.05) is 25.4 Å². The van der Waals surface area contributed by atoms with Gasteiger partial charge in [-0.2, -0.15) is 0 Å². The van der Waals surface area contributed by atoms with Crippen molar-refractivity contribution in [1.82, 2.24) is 4.72 Å². The van der Waals surface area contributed by atoms with E-state index < -0.39 is 21.9 Å². The number of sulfonamides is 1. The van der Waals surface area contributed by atoms with Crippen LogP contribution >= 0.6 is 23.2 Å². The predicted molar refractivity (Wildman–Crippen MR) is 71.1 cm³/mol. The van der Waals surface area contributed by atoms with Gasteiger partial charge in [-0.05, 0) is 24.1 Å². The number of hydrogen-bond donors (Lipinski definition) is 1. The molecule has 18 heavy (non-hydrogen) atoms. The maximum atomic E-state index is 13.1. The van der Waals surface area contributed by atoms with Gasteiger partial charge < -0.3 is 0 Å². The molecular weight excluding hydrogens is 300 g/mol. The Bertz CT molecular complexity index is 520. The summed E-state index contributed by atoms with van der Waals surface area (Å²) in [5, 5.41) is -0.0269. The summed E-state index contributed by atoms with van der Waals surface area (Å²) in [6.45, 7) is 3.67. The minimum atomic E-state index is -3.88. The number of nitrogens with one attached hydrogen (secondary N) is 1. The Hall–Kier alpha value is -0.360. The van der Waals surface area contributed by atoms with Crippen LogP contribution in [0.2, 0.25) is 5.02 Å². The summed E-state index contributed by atoms with van der Waals surface area (Å²) in [6.07, 6.45) is 0. The molecule has 0 saturated heterocycles. The first-order valence-corrected chi connectivity index (χ1v) is 7.71. The van der Waals surface area contributed by atoms with Crippen LogP contribution in [0.1, 0.15) is 13.8 Å². The van der Waals surface area contributed by atoms with Crippen molar-refractivity contribution in [2.45, 2.75) is 24.8 Å². The third-order valence-electron chi connectivity index (χ3n) is 2.46. The fraction of sp³-hybridized carbons (Fsp3) is 0.455. The molecule has 0 bridgehead atoms. The van der Waals surface area contributed by atoms with Crippen molar-refractivity contribution in [1.29, 1.82) is 0 Å². The summed E-state index contributed by atoms with van der Waals surface area (Å²) in [5.41, 5.74) is 0. The van der Waals surface area contributed by atoms with E-state index in [1.54, 1.807) is 0 Å². The molecule has 0 aliphatic rings. The van der Waals surface area contributed by atoms with Crippen LogP contribution in [0.4, 0.5) is 4.39 Å². The Balaban J connectivity index is 3.10. The lowest BCUT2D eigenvalue weighted by molar-refractivity contribution is 0.480. The molecule has 0 spiro atoms. The first-order chi connectivity index (χ1) is 8.27. The molecule has 1 aromatic carbocycles. The van der Waals surface area contributed by atoms with E-state index in [4.69, 9.17) is 23.2 Å². The average molecular weight is 314 g/mol.